The molecule has 4 bridgehead atoms. The first-order valence-electron chi connectivity index (χ1n) is 7.98. The molecule has 0 radical (unpaired) electrons. The van der Waals surface area contributed by atoms with E-state index in [1.54, 1.807) is 0 Å². The standard InChI is InChI=1S/C16H26N2O/c1-14-6-12-7-15(2,9-14)11-16(8-12,10-14)18-5-3-4-17-13(18)19/h12H,3-11H2,1-2H3,(H,17,19). The van der Waals surface area contributed by atoms with Crippen molar-refractivity contribution in [2.45, 2.75) is 64.3 Å². The molecule has 1 heterocycles. The lowest BCUT2D eigenvalue weighted by atomic mass is 9.42. The third-order valence-electron chi connectivity index (χ3n) is 6.25. The highest BCUT2D eigenvalue weighted by atomic mass is 16.2. The minimum Gasteiger partial charge on any atom is -0.338 e. The molecule has 2 unspecified atom stereocenters. The number of nitrogens with one attached hydrogen (secondary N) is 1. The lowest BCUT2D eigenvalue weighted by Gasteiger charge is -2.67. The van der Waals surface area contributed by atoms with Gasteiger partial charge in [0.05, 0.1) is 0 Å². The van der Waals surface area contributed by atoms with Crippen LogP contribution in [0.5, 0.6) is 0 Å². The van der Waals surface area contributed by atoms with Crippen molar-refractivity contribution in [2.24, 2.45) is 16.7 Å². The third kappa shape index (κ3) is 1.66. The molecule has 0 aromatic heterocycles. The van der Waals surface area contributed by atoms with Gasteiger partial charge in [-0.15, -0.1) is 0 Å². The highest BCUT2D eigenvalue weighted by molar-refractivity contribution is 5.76. The van der Waals surface area contributed by atoms with E-state index < -0.39 is 0 Å². The zero-order valence-electron chi connectivity index (χ0n) is 12.3. The van der Waals surface area contributed by atoms with Gasteiger partial charge in [0.2, 0.25) is 0 Å². The number of hydrogen-bond acceptors (Lipinski definition) is 1. The van der Waals surface area contributed by atoms with Crippen LogP contribution >= 0.6 is 0 Å². The summed E-state index contributed by atoms with van der Waals surface area (Å²) >= 11 is 0. The summed E-state index contributed by atoms with van der Waals surface area (Å²) in [4.78, 5) is 14.6. The van der Waals surface area contributed by atoms with E-state index in [2.05, 4.69) is 24.1 Å². The maximum absolute atomic E-state index is 12.3. The summed E-state index contributed by atoms with van der Waals surface area (Å²) in [6.45, 7) is 6.80. The molecule has 2 atom stereocenters. The number of carbonyl (C=O) groups is 1. The lowest BCUT2D eigenvalue weighted by molar-refractivity contribution is -0.150. The molecule has 3 heteroatoms. The van der Waals surface area contributed by atoms with E-state index in [1.807, 2.05) is 0 Å². The topological polar surface area (TPSA) is 32.3 Å². The van der Waals surface area contributed by atoms with Crippen molar-refractivity contribution in [3.8, 4) is 0 Å². The Hall–Kier alpha value is -0.730. The van der Waals surface area contributed by atoms with Crippen LogP contribution in [0.25, 0.3) is 0 Å². The molecule has 1 N–H and O–H groups in total. The first-order chi connectivity index (χ1) is 8.92. The van der Waals surface area contributed by atoms with E-state index in [0.29, 0.717) is 10.8 Å². The third-order valence-corrected chi connectivity index (χ3v) is 6.25. The van der Waals surface area contributed by atoms with Gasteiger partial charge in [0.1, 0.15) is 0 Å². The van der Waals surface area contributed by atoms with E-state index in [0.717, 1.165) is 25.4 Å². The molecule has 5 rings (SSSR count). The normalized spacial score (nSPS) is 52.4. The molecular weight excluding hydrogens is 236 g/mol. The summed E-state index contributed by atoms with van der Waals surface area (Å²) in [7, 11) is 0. The van der Waals surface area contributed by atoms with E-state index in [9.17, 15) is 4.79 Å². The molecule has 0 aromatic rings. The average Bonchev–Trinajstić information content (AvgIpc) is 2.24. The second-order valence-corrected chi connectivity index (χ2v) is 8.59. The molecule has 0 spiro atoms. The molecule has 1 saturated heterocycles. The van der Waals surface area contributed by atoms with Gasteiger partial charge in [0, 0.05) is 18.6 Å². The number of amides is 2. The molecule has 4 saturated carbocycles. The first-order valence-corrected chi connectivity index (χ1v) is 7.98. The van der Waals surface area contributed by atoms with E-state index in [4.69, 9.17) is 0 Å². The number of hydrogen-bond donors (Lipinski definition) is 1. The summed E-state index contributed by atoms with van der Waals surface area (Å²) in [5.74, 6) is 0.862. The Morgan fingerprint density at radius 2 is 1.79 bits per heavy atom. The number of rotatable bonds is 1. The predicted molar refractivity (Wildman–Crippen MR) is 74.9 cm³/mol. The van der Waals surface area contributed by atoms with Crippen molar-refractivity contribution in [1.82, 2.24) is 10.2 Å². The van der Waals surface area contributed by atoms with Crippen LogP contribution in [-0.2, 0) is 0 Å². The van der Waals surface area contributed by atoms with Crippen LogP contribution in [-0.4, -0.2) is 29.6 Å². The Kier molecular flexibility index (Phi) is 2.20. The molecule has 19 heavy (non-hydrogen) atoms. The monoisotopic (exact) mass is 262 g/mol. The highest BCUT2D eigenvalue weighted by Crippen LogP contribution is 2.67. The second-order valence-electron chi connectivity index (χ2n) is 8.59. The van der Waals surface area contributed by atoms with Gasteiger partial charge in [-0.05, 0) is 61.7 Å². The smallest absolute Gasteiger partial charge is 0.317 e. The largest absolute Gasteiger partial charge is 0.338 e. The van der Waals surface area contributed by atoms with Crippen LogP contribution in [0.15, 0.2) is 0 Å². The molecule has 3 nitrogen and oxygen atoms in total. The fourth-order valence-electron chi connectivity index (χ4n) is 6.77. The van der Waals surface area contributed by atoms with Crippen LogP contribution in [0.1, 0.15) is 58.8 Å². The quantitative estimate of drug-likeness (QED) is 0.773. The second kappa shape index (κ2) is 3.48. The van der Waals surface area contributed by atoms with E-state index in [1.165, 1.54) is 38.5 Å². The highest BCUT2D eigenvalue weighted by Gasteiger charge is 2.62. The van der Waals surface area contributed by atoms with Gasteiger partial charge in [-0.3, -0.25) is 0 Å². The van der Waals surface area contributed by atoms with Crippen LogP contribution < -0.4 is 5.32 Å². The van der Waals surface area contributed by atoms with Gasteiger partial charge in [-0.25, -0.2) is 4.79 Å². The Labute approximate surface area is 116 Å². The maximum atomic E-state index is 12.3. The van der Waals surface area contributed by atoms with Crippen molar-refractivity contribution in [3.63, 3.8) is 0 Å². The zero-order chi connectivity index (χ0) is 13.3. The fourth-order valence-corrected chi connectivity index (χ4v) is 6.77. The molecule has 2 amide bonds. The Balaban J connectivity index is 1.72. The summed E-state index contributed by atoms with van der Waals surface area (Å²) < 4.78 is 0. The lowest BCUT2D eigenvalue weighted by Crippen LogP contribution is -2.68. The fraction of sp³-hybridized carbons (Fsp3) is 0.938. The number of urea groups is 1. The Morgan fingerprint density at radius 1 is 1.11 bits per heavy atom. The minimum atomic E-state index is 0.188. The van der Waals surface area contributed by atoms with Crippen LogP contribution in [0.2, 0.25) is 0 Å². The molecule has 0 aromatic carbocycles. The summed E-state index contributed by atoms with van der Waals surface area (Å²) in [6, 6.07) is 0.209. The average molecular weight is 262 g/mol. The minimum absolute atomic E-state index is 0.188. The molecule has 5 fully saturated rings. The first kappa shape index (κ1) is 12.0. The van der Waals surface area contributed by atoms with E-state index >= 15 is 0 Å². The molecular formula is C16H26N2O. The number of carbonyl (C=O) groups excluding carboxylic acids is 1. The molecule has 1 aliphatic heterocycles. The Morgan fingerprint density at radius 3 is 2.37 bits per heavy atom. The SMILES string of the molecule is CC12CC3CC(C)(C1)CC(N1CCCNC1=O)(C3)C2. The van der Waals surface area contributed by atoms with Crippen LogP contribution in [0.3, 0.4) is 0 Å². The van der Waals surface area contributed by atoms with Crippen molar-refractivity contribution >= 4 is 6.03 Å². The molecule has 106 valence electrons. The Bertz CT molecular complexity index is 414. The van der Waals surface area contributed by atoms with Crippen LogP contribution in [0.4, 0.5) is 4.79 Å². The van der Waals surface area contributed by atoms with Gasteiger partial charge in [-0.1, -0.05) is 13.8 Å². The van der Waals surface area contributed by atoms with Gasteiger partial charge < -0.3 is 10.2 Å². The van der Waals surface area contributed by atoms with Gasteiger partial charge in [0.25, 0.3) is 0 Å². The predicted octanol–water partition coefficient (Wildman–Crippen LogP) is 3.15. The van der Waals surface area contributed by atoms with Gasteiger partial charge >= 0.3 is 6.03 Å². The van der Waals surface area contributed by atoms with Crippen molar-refractivity contribution in [3.05, 3.63) is 0 Å². The van der Waals surface area contributed by atoms with Gasteiger partial charge in [-0.2, -0.15) is 0 Å². The van der Waals surface area contributed by atoms with Crippen LogP contribution in [0, 0.1) is 16.7 Å². The number of nitrogens with zero attached hydrogens (tertiary/aromatic N) is 1. The molecule has 4 aliphatic carbocycles. The van der Waals surface area contributed by atoms with Crippen molar-refractivity contribution < 1.29 is 4.79 Å². The molecule has 5 aliphatic rings. The zero-order valence-corrected chi connectivity index (χ0v) is 12.3. The summed E-state index contributed by atoms with van der Waals surface area (Å²) in [5, 5.41) is 3.07. The van der Waals surface area contributed by atoms with E-state index in [-0.39, 0.29) is 11.6 Å². The summed E-state index contributed by atoms with van der Waals surface area (Å²) in [6.07, 6.45) is 9.07. The van der Waals surface area contributed by atoms with Crippen molar-refractivity contribution in [2.75, 3.05) is 13.1 Å². The summed E-state index contributed by atoms with van der Waals surface area (Å²) in [5.41, 5.74) is 1.17. The van der Waals surface area contributed by atoms with Crippen molar-refractivity contribution in [1.29, 1.82) is 0 Å². The maximum Gasteiger partial charge on any atom is 0.317 e. The van der Waals surface area contributed by atoms with Gasteiger partial charge in [0.15, 0.2) is 0 Å².